The van der Waals surface area contributed by atoms with Crippen molar-refractivity contribution in [2.24, 2.45) is 0 Å². The van der Waals surface area contributed by atoms with Crippen molar-refractivity contribution in [2.75, 3.05) is 0 Å². The summed E-state index contributed by atoms with van der Waals surface area (Å²) in [4.78, 5) is 10.2. The average Bonchev–Trinajstić information content (AvgIpc) is 2.38. The van der Waals surface area contributed by atoms with Gasteiger partial charge >= 0.3 is 0 Å². The molecule has 98 valence electrons. The normalized spacial score (nSPS) is 13.4. The zero-order valence-corrected chi connectivity index (χ0v) is 11.9. The Morgan fingerprint density at radius 3 is 2.26 bits per heavy atom. The van der Waals surface area contributed by atoms with E-state index in [-0.39, 0.29) is 0 Å². The van der Waals surface area contributed by atoms with Gasteiger partial charge in [-0.15, -0.1) is 0 Å². The van der Waals surface area contributed by atoms with Crippen molar-refractivity contribution in [3.8, 4) is 0 Å². The maximum Gasteiger partial charge on any atom is 0.143 e. The highest BCUT2D eigenvalue weighted by atomic mass is 35.5. The Labute approximate surface area is 119 Å². The van der Waals surface area contributed by atoms with Gasteiger partial charge in [0.05, 0.1) is 0 Å². The van der Waals surface area contributed by atoms with Gasteiger partial charge in [0.1, 0.15) is 6.29 Å². The molecule has 0 atom stereocenters. The predicted octanol–water partition coefficient (Wildman–Crippen LogP) is 5.00. The largest absolute Gasteiger partial charge is 0.299 e. The van der Waals surface area contributed by atoms with Crippen molar-refractivity contribution in [2.45, 2.75) is 13.8 Å². The number of carbonyl (C=O) groups is 1. The second-order valence-electron chi connectivity index (χ2n) is 4.20. The topological polar surface area (TPSA) is 17.1 Å². The highest BCUT2D eigenvalue weighted by Crippen LogP contribution is 2.11. The Morgan fingerprint density at radius 2 is 1.63 bits per heavy atom. The van der Waals surface area contributed by atoms with E-state index in [1.54, 1.807) is 0 Å². The summed E-state index contributed by atoms with van der Waals surface area (Å²) in [6.07, 6.45) is 12.2. The third-order valence-electron chi connectivity index (χ3n) is 2.46. The summed E-state index contributed by atoms with van der Waals surface area (Å²) < 4.78 is 0. The molecule has 0 aromatic heterocycles. The summed E-state index contributed by atoms with van der Waals surface area (Å²) in [6.45, 7) is 3.91. The van der Waals surface area contributed by atoms with Crippen LogP contribution in [0.4, 0.5) is 0 Å². The summed E-state index contributed by atoms with van der Waals surface area (Å²) in [7, 11) is 0. The summed E-state index contributed by atoms with van der Waals surface area (Å²) in [6, 6.07) is 7.68. The highest BCUT2D eigenvalue weighted by Gasteiger charge is 1.87. The lowest BCUT2D eigenvalue weighted by molar-refractivity contribution is -0.104. The second kappa shape index (κ2) is 8.28. The monoisotopic (exact) mass is 272 g/mol. The molecule has 0 N–H and O–H groups in total. The number of carbonyl (C=O) groups excluding carboxylic acids is 1. The van der Waals surface area contributed by atoms with Gasteiger partial charge in [0.2, 0.25) is 0 Å². The first-order valence-electron chi connectivity index (χ1n) is 6.02. The van der Waals surface area contributed by atoms with Crippen molar-refractivity contribution in [1.29, 1.82) is 0 Å². The smallest absolute Gasteiger partial charge is 0.143 e. The van der Waals surface area contributed by atoms with Gasteiger partial charge in [0.25, 0.3) is 0 Å². The minimum absolute atomic E-state index is 0.741. The molecule has 0 amide bonds. The second-order valence-corrected chi connectivity index (χ2v) is 4.64. The first kappa shape index (κ1) is 15.2. The molecule has 0 bridgehead atoms. The molecule has 0 aliphatic rings. The highest BCUT2D eigenvalue weighted by molar-refractivity contribution is 6.30. The maximum absolute atomic E-state index is 10.2. The number of allylic oxidation sites excluding steroid dienone is 7. The Bertz CT molecular complexity index is 531. The van der Waals surface area contributed by atoms with Crippen molar-refractivity contribution in [3.63, 3.8) is 0 Å². The number of rotatable bonds is 5. The van der Waals surface area contributed by atoms with Gasteiger partial charge in [-0.3, -0.25) is 4.79 Å². The molecule has 0 aliphatic heterocycles. The van der Waals surface area contributed by atoms with Crippen LogP contribution in [0.1, 0.15) is 19.4 Å². The Balaban J connectivity index is 2.63. The van der Waals surface area contributed by atoms with Crippen molar-refractivity contribution in [3.05, 3.63) is 76.4 Å². The van der Waals surface area contributed by atoms with E-state index in [9.17, 15) is 4.79 Å². The Morgan fingerprint density at radius 1 is 1.00 bits per heavy atom. The third-order valence-corrected chi connectivity index (χ3v) is 2.71. The zero-order valence-electron chi connectivity index (χ0n) is 11.1. The van der Waals surface area contributed by atoms with E-state index in [1.807, 2.05) is 68.5 Å². The molecule has 1 rings (SSSR count). The van der Waals surface area contributed by atoms with Crippen LogP contribution in [0.15, 0.2) is 65.8 Å². The van der Waals surface area contributed by atoms with Crippen molar-refractivity contribution < 1.29 is 4.79 Å². The maximum atomic E-state index is 10.2. The number of hydrogen-bond acceptors (Lipinski definition) is 1. The molecule has 0 fully saturated rings. The molecule has 2 heteroatoms. The van der Waals surface area contributed by atoms with Crippen molar-refractivity contribution in [1.82, 2.24) is 0 Å². The molecule has 0 saturated heterocycles. The van der Waals surface area contributed by atoms with Crippen LogP contribution >= 0.6 is 11.6 Å². The standard InChI is InChI=1S/C17H17ClO/c1-14(4-3-5-15(2)12-13-19)6-7-16-8-10-17(18)11-9-16/h3-13H,1-2H3/b5-3+,7-6+,14-4+,15-12+. The summed E-state index contributed by atoms with van der Waals surface area (Å²) in [5, 5.41) is 0.741. The lowest BCUT2D eigenvalue weighted by Crippen LogP contribution is -1.72. The van der Waals surface area contributed by atoms with Gasteiger partial charge in [-0.1, -0.05) is 59.7 Å². The summed E-state index contributed by atoms with van der Waals surface area (Å²) in [5.41, 5.74) is 3.17. The van der Waals surface area contributed by atoms with E-state index >= 15 is 0 Å². The number of halogens is 1. The molecule has 0 spiro atoms. The van der Waals surface area contributed by atoms with Crippen LogP contribution in [0, 0.1) is 0 Å². The van der Waals surface area contributed by atoms with Crippen LogP contribution in [0.25, 0.3) is 6.08 Å². The van der Waals surface area contributed by atoms with Crippen LogP contribution in [-0.2, 0) is 4.79 Å². The van der Waals surface area contributed by atoms with Gasteiger partial charge in [-0.25, -0.2) is 0 Å². The van der Waals surface area contributed by atoms with E-state index in [2.05, 4.69) is 0 Å². The van der Waals surface area contributed by atoms with Crippen LogP contribution in [0.5, 0.6) is 0 Å². The fourth-order valence-corrected chi connectivity index (χ4v) is 1.50. The lowest BCUT2D eigenvalue weighted by Gasteiger charge is -1.94. The first-order chi connectivity index (χ1) is 9.11. The molecule has 1 nitrogen and oxygen atoms in total. The molecule has 0 saturated carbocycles. The van der Waals surface area contributed by atoms with Gasteiger partial charge in [0.15, 0.2) is 0 Å². The Hall–Kier alpha value is -1.86. The van der Waals surface area contributed by atoms with Gasteiger partial charge < -0.3 is 0 Å². The molecule has 0 radical (unpaired) electrons. The van der Waals surface area contributed by atoms with Crippen LogP contribution < -0.4 is 0 Å². The number of benzene rings is 1. The average molecular weight is 273 g/mol. The quantitative estimate of drug-likeness (QED) is 0.419. The molecule has 0 aliphatic carbocycles. The van der Waals surface area contributed by atoms with E-state index in [1.165, 1.54) is 6.08 Å². The lowest BCUT2D eigenvalue weighted by atomic mass is 10.1. The minimum atomic E-state index is 0.741. The summed E-state index contributed by atoms with van der Waals surface area (Å²) in [5.74, 6) is 0. The molecule has 0 heterocycles. The van der Waals surface area contributed by atoms with E-state index in [4.69, 9.17) is 11.6 Å². The van der Waals surface area contributed by atoms with E-state index in [0.29, 0.717) is 0 Å². The molecule has 1 aromatic rings. The molecule has 0 unspecified atom stereocenters. The van der Waals surface area contributed by atoms with E-state index < -0.39 is 0 Å². The first-order valence-corrected chi connectivity index (χ1v) is 6.40. The van der Waals surface area contributed by atoms with Gasteiger partial charge in [0, 0.05) is 5.02 Å². The van der Waals surface area contributed by atoms with Crippen LogP contribution in [0.2, 0.25) is 5.02 Å². The molecular weight excluding hydrogens is 256 g/mol. The predicted molar refractivity (Wildman–Crippen MR) is 83.2 cm³/mol. The SMILES string of the molecule is CC(/C=C/C=C(C)/C=C/c1ccc(Cl)cc1)=C\C=O. The van der Waals surface area contributed by atoms with Crippen LogP contribution in [0.3, 0.4) is 0 Å². The Kier molecular flexibility index (Phi) is 6.62. The fraction of sp³-hybridized carbons (Fsp3) is 0.118. The molecule has 19 heavy (non-hydrogen) atoms. The van der Waals surface area contributed by atoms with E-state index in [0.717, 1.165) is 28.0 Å². The van der Waals surface area contributed by atoms with Crippen LogP contribution in [-0.4, -0.2) is 6.29 Å². The third kappa shape index (κ3) is 6.58. The minimum Gasteiger partial charge on any atom is -0.299 e. The van der Waals surface area contributed by atoms with Gasteiger partial charge in [-0.2, -0.15) is 0 Å². The van der Waals surface area contributed by atoms with Gasteiger partial charge in [-0.05, 0) is 43.2 Å². The molecule has 1 aromatic carbocycles. The fourth-order valence-electron chi connectivity index (χ4n) is 1.37. The molecular formula is C17H17ClO. The summed E-state index contributed by atoms with van der Waals surface area (Å²) >= 11 is 5.82. The zero-order chi connectivity index (χ0) is 14.1. The van der Waals surface area contributed by atoms with Crippen molar-refractivity contribution >= 4 is 24.0 Å². The number of hydrogen-bond donors (Lipinski definition) is 0. The number of aldehydes is 1.